The van der Waals surface area contributed by atoms with Gasteiger partial charge in [-0.05, 0) is 56.4 Å². The summed E-state index contributed by atoms with van der Waals surface area (Å²) in [6, 6.07) is 0. The second-order valence-corrected chi connectivity index (χ2v) is 6.07. The zero-order valence-electron chi connectivity index (χ0n) is 10.3. The summed E-state index contributed by atoms with van der Waals surface area (Å²) in [4.78, 5) is 11.5. The molecule has 0 saturated heterocycles. The Hall–Kier alpha value is -0.570. The largest absolute Gasteiger partial charge is 0.480 e. The molecule has 2 atom stereocenters. The number of carboxylic acids is 1. The molecule has 0 aromatic rings. The lowest BCUT2D eigenvalue weighted by Gasteiger charge is -2.40. The lowest BCUT2D eigenvalue weighted by Crippen LogP contribution is -2.56. The van der Waals surface area contributed by atoms with Gasteiger partial charge in [0.2, 0.25) is 0 Å². The summed E-state index contributed by atoms with van der Waals surface area (Å²) in [5.41, 5.74) is -0.639. The molecule has 2 unspecified atom stereocenters. The molecule has 0 aliphatic heterocycles. The highest BCUT2D eigenvalue weighted by Gasteiger charge is 2.44. The fourth-order valence-corrected chi connectivity index (χ4v) is 3.18. The van der Waals surface area contributed by atoms with Crippen LogP contribution < -0.4 is 5.32 Å². The summed E-state index contributed by atoms with van der Waals surface area (Å²) in [6.45, 7) is 5.24. The number of hydrogen-bond acceptors (Lipinski definition) is 2. The fourth-order valence-electron chi connectivity index (χ4n) is 3.18. The number of aliphatic carboxylic acids is 1. The molecule has 92 valence electrons. The molecular weight excluding hydrogens is 202 g/mol. The number of rotatable bonds is 4. The van der Waals surface area contributed by atoms with Crippen molar-refractivity contribution in [2.75, 3.05) is 6.54 Å². The third-order valence-electron chi connectivity index (χ3n) is 4.03. The van der Waals surface area contributed by atoms with Crippen LogP contribution in [0.1, 0.15) is 46.0 Å². The minimum absolute atomic E-state index is 0.520. The van der Waals surface area contributed by atoms with E-state index in [0.29, 0.717) is 11.8 Å². The van der Waals surface area contributed by atoms with Gasteiger partial charge >= 0.3 is 5.97 Å². The average Bonchev–Trinajstić information content (AvgIpc) is 2.96. The molecule has 0 amide bonds. The van der Waals surface area contributed by atoms with E-state index in [1.54, 1.807) is 0 Å². The van der Waals surface area contributed by atoms with Crippen LogP contribution in [0.4, 0.5) is 0 Å². The van der Waals surface area contributed by atoms with Gasteiger partial charge < -0.3 is 10.4 Å². The van der Waals surface area contributed by atoms with Crippen LogP contribution >= 0.6 is 0 Å². The van der Waals surface area contributed by atoms with E-state index in [4.69, 9.17) is 0 Å². The van der Waals surface area contributed by atoms with E-state index in [1.807, 2.05) is 0 Å². The van der Waals surface area contributed by atoms with E-state index < -0.39 is 11.5 Å². The van der Waals surface area contributed by atoms with Crippen LogP contribution in [0.2, 0.25) is 0 Å². The molecule has 0 aromatic carbocycles. The Kier molecular flexibility index (Phi) is 3.24. The molecule has 2 aliphatic carbocycles. The van der Waals surface area contributed by atoms with E-state index in [1.165, 1.54) is 19.3 Å². The van der Waals surface area contributed by atoms with Crippen molar-refractivity contribution in [1.29, 1.82) is 0 Å². The lowest BCUT2D eigenvalue weighted by atomic mass is 9.71. The lowest BCUT2D eigenvalue weighted by molar-refractivity contribution is -0.148. The smallest absolute Gasteiger partial charge is 0.323 e. The minimum Gasteiger partial charge on any atom is -0.480 e. The average molecular weight is 225 g/mol. The Morgan fingerprint density at radius 2 is 1.88 bits per heavy atom. The summed E-state index contributed by atoms with van der Waals surface area (Å²) < 4.78 is 0. The van der Waals surface area contributed by atoms with E-state index in [9.17, 15) is 9.90 Å². The molecule has 2 fully saturated rings. The highest BCUT2D eigenvalue weighted by Crippen LogP contribution is 2.37. The zero-order chi connectivity index (χ0) is 11.8. The van der Waals surface area contributed by atoms with Crippen molar-refractivity contribution in [1.82, 2.24) is 5.32 Å². The summed E-state index contributed by atoms with van der Waals surface area (Å²) in [5.74, 6) is 1.13. The first-order valence-electron chi connectivity index (χ1n) is 6.50. The van der Waals surface area contributed by atoms with Crippen LogP contribution in [0.3, 0.4) is 0 Å². The predicted molar refractivity (Wildman–Crippen MR) is 63.3 cm³/mol. The Bertz CT molecular complexity index is 263. The molecule has 16 heavy (non-hydrogen) atoms. The van der Waals surface area contributed by atoms with Gasteiger partial charge in [0.1, 0.15) is 5.54 Å². The predicted octanol–water partition coefficient (Wildman–Crippen LogP) is 2.27. The van der Waals surface area contributed by atoms with Crippen molar-refractivity contribution in [3.8, 4) is 0 Å². The maximum atomic E-state index is 11.5. The van der Waals surface area contributed by atoms with Gasteiger partial charge in [0.25, 0.3) is 0 Å². The molecule has 0 aromatic heterocycles. The number of carboxylic acid groups (broad SMARTS) is 1. The first-order valence-corrected chi connectivity index (χ1v) is 6.50. The molecule has 0 radical (unpaired) electrons. The van der Waals surface area contributed by atoms with Gasteiger partial charge in [-0.3, -0.25) is 4.79 Å². The van der Waals surface area contributed by atoms with Gasteiger partial charge in [0.05, 0.1) is 0 Å². The fraction of sp³-hybridized carbons (Fsp3) is 0.923. The number of carbonyl (C=O) groups is 1. The van der Waals surface area contributed by atoms with Crippen LogP contribution in [-0.2, 0) is 4.79 Å². The second-order valence-electron chi connectivity index (χ2n) is 6.07. The molecule has 3 heteroatoms. The van der Waals surface area contributed by atoms with Crippen molar-refractivity contribution in [3.63, 3.8) is 0 Å². The van der Waals surface area contributed by atoms with Crippen LogP contribution in [0.5, 0.6) is 0 Å². The molecule has 0 bridgehead atoms. The quantitative estimate of drug-likeness (QED) is 0.771. The maximum Gasteiger partial charge on any atom is 0.323 e. The van der Waals surface area contributed by atoms with Crippen LogP contribution in [-0.4, -0.2) is 23.2 Å². The summed E-state index contributed by atoms with van der Waals surface area (Å²) in [7, 11) is 0. The first kappa shape index (κ1) is 11.9. The minimum atomic E-state index is -0.647. The molecule has 2 N–H and O–H groups in total. The third-order valence-corrected chi connectivity index (χ3v) is 4.03. The third kappa shape index (κ3) is 2.57. The van der Waals surface area contributed by atoms with E-state index in [0.717, 1.165) is 25.3 Å². The molecule has 2 rings (SSSR count). The number of hydrogen-bond donors (Lipinski definition) is 2. The van der Waals surface area contributed by atoms with Crippen molar-refractivity contribution in [3.05, 3.63) is 0 Å². The number of nitrogens with one attached hydrogen (secondary N) is 1. The standard InChI is InChI=1S/C13H23NO2/c1-9-5-10(2)7-13(6-9,12(15)16)14-8-11-3-4-11/h9-11,14H,3-8H2,1-2H3,(H,15,16). The molecular formula is C13H23NO2. The monoisotopic (exact) mass is 225 g/mol. The van der Waals surface area contributed by atoms with Crippen molar-refractivity contribution in [2.45, 2.75) is 51.5 Å². The summed E-state index contributed by atoms with van der Waals surface area (Å²) >= 11 is 0. The molecule has 2 aliphatic rings. The Labute approximate surface area is 97.6 Å². The van der Waals surface area contributed by atoms with Crippen molar-refractivity contribution >= 4 is 5.97 Å². The first-order chi connectivity index (χ1) is 7.52. The Morgan fingerprint density at radius 3 is 2.31 bits per heavy atom. The van der Waals surface area contributed by atoms with Crippen molar-refractivity contribution in [2.24, 2.45) is 17.8 Å². The van der Waals surface area contributed by atoms with Crippen LogP contribution in [0.15, 0.2) is 0 Å². The zero-order valence-corrected chi connectivity index (χ0v) is 10.3. The summed E-state index contributed by atoms with van der Waals surface area (Å²) in [5, 5.41) is 12.9. The van der Waals surface area contributed by atoms with E-state index in [-0.39, 0.29) is 0 Å². The van der Waals surface area contributed by atoms with Crippen molar-refractivity contribution < 1.29 is 9.90 Å². The molecule has 3 nitrogen and oxygen atoms in total. The normalized spacial score (nSPS) is 39.6. The van der Waals surface area contributed by atoms with Gasteiger partial charge in [-0.1, -0.05) is 13.8 Å². The highest BCUT2D eigenvalue weighted by atomic mass is 16.4. The Balaban J connectivity index is 2.03. The van der Waals surface area contributed by atoms with Crippen LogP contribution in [0.25, 0.3) is 0 Å². The Morgan fingerprint density at radius 1 is 1.31 bits per heavy atom. The van der Waals surface area contributed by atoms with E-state index >= 15 is 0 Å². The molecule has 2 saturated carbocycles. The van der Waals surface area contributed by atoms with Gasteiger partial charge in [-0.25, -0.2) is 0 Å². The molecule has 0 heterocycles. The maximum absolute atomic E-state index is 11.5. The van der Waals surface area contributed by atoms with Gasteiger partial charge in [-0.15, -0.1) is 0 Å². The summed E-state index contributed by atoms with van der Waals surface area (Å²) in [6.07, 6.45) is 5.29. The highest BCUT2D eigenvalue weighted by molar-refractivity contribution is 5.79. The van der Waals surface area contributed by atoms with E-state index in [2.05, 4.69) is 19.2 Å². The van der Waals surface area contributed by atoms with Gasteiger partial charge in [-0.2, -0.15) is 0 Å². The van der Waals surface area contributed by atoms with Gasteiger partial charge in [0, 0.05) is 0 Å². The SMILES string of the molecule is CC1CC(C)CC(NCC2CC2)(C(=O)O)C1. The van der Waals surface area contributed by atoms with Gasteiger partial charge in [0.15, 0.2) is 0 Å². The second kappa shape index (κ2) is 4.36. The molecule has 0 spiro atoms. The topological polar surface area (TPSA) is 49.3 Å². The van der Waals surface area contributed by atoms with Crippen LogP contribution in [0, 0.1) is 17.8 Å².